The van der Waals surface area contributed by atoms with Crippen LogP contribution in [-0.4, -0.2) is 31.6 Å². The van der Waals surface area contributed by atoms with Crippen LogP contribution in [0.2, 0.25) is 0 Å². The van der Waals surface area contributed by atoms with E-state index in [1.54, 1.807) is 13.2 Å². The first kappa shape index (κ1) is 25.9. The highest BCUT2D eigenvalue weighted by atomic mass is 16.5. The van der Waals surface area contributed by atoms with Crippen molar-refractivity contribution < 1.29 is 13.9 Å². The molecule has 2 atom stereocenters. The molecule has 1 heterocycles. The Morgan fingerprint density at radius 1 is 1.00 bits per heavy atom. The van der Waals surface area contributed by atoms with E-state index in [0.717, 1.165) is 23.4 Å². The lowest BCUT2D eigenvalue weighted by atomic mass is 10.0. The van der Waals surface area contributed by atoms with Gasteiger partial charge in [0, 0.05) is 41.7 Å². The van der Waals surface area contributed by atoms with E-state index < -0.39 is 11.7 Å². The zero-order valence-corrected chi connectivity index (χ0v) is 20.8. The van der Waals surface area contributed by atoms with Crippen molar-refractivity contribution in [3.63, 3.8) is 0 Å². The van der Waals surface area contributed by atoms with E-state index in [1.807, 2.05) is 61.5 Å². The molecule has 3 N–H and O–H groups in total. The number of carbonyl (C=O) groups is 1. The standard InChI is InChI=1S/C28H35N3O4/c1-5-21(18-29-22-11-13-24(34-4)14-12-22)31-28(33)25(15-19(2)3)30-23-16-26(35-27(32)17-23)20-9-7-6-8-10-20/h6-14,16-17,19,21,25,29-30H,5,15,18H2,1-4H3,(H,31,33)/t21-,25-/m0/s1. The summed E-state index contributed by atoms with van der Waals surface area (Å²) < 4.78 is 10.6. The molecule has 2 aromatic carbocycles. The van der Waals surface area contributed by atoms with Gasteiger partial charge in [0.05, 0.1) is 7.11 Å². The average Bonchev–Trinajstić information content (AvgIpc) is 2.86. The lowest BCUT2D eigenvalue weighted by Gasteiger charge is -2.25. The van der Waals surface area contributed by atoms with Crippen LogP contribution in [0.5, 0.6) is 5.75 Å². The number of amides is 1. The van der Waals surface area contributed by atoms with E-state index in [0.29, 0.717) is 24.4 Å². The van der Waals surface area contributed by atoms with E-state index in [2.05, 4.69) is 29.8 Å². The van der Waals surface area contributed by atoms with Crippen molar-refractivity contribution >= 4 is 17.3 Å². The van der Waals surface area contributed by atoms with E-state index in [-0.39, 0.29) is 17.9 Å². The fourth-order valence-corrected chi connectivity index (χ4v) is 3.76. The maximum absolute atomic E-state index is 13.3. The number of anilines is 2. The van der Waals surface area contributed by atoms with Gasteiger partial charge < -0.3 is 25.1 Å². The van der Waals surface area contributed by atoms with Gasteiger partial charge in [-0.25, -0.2) is 4.79 Å². The summed E-state index contributed by atoms with van der Waals surface area (Å²) in [7, 11) is 1.64. The molecule has 0 aliphatic carbocycles. The third kappa shape index (κ3) is 7.91. The normalized spacial score (nSPS) is 12.6. The quantitative estimate of drug-likeness (QED) is 0.334. The Bertz CT molecular complexity index is 1130. The van der Waals surface area contributed by atoms with Crippen molar-refractivity contribution in [3.8, 4) is 17.1 Å². The molecule has 3 rings (SSSR count). The van der Waals surface area contributed by atoms with Gasteiger partial charge in [0.1, 0.15) is 17.6 Å². The molecule has 0 aliphatic heterocycles. The Hall–Kier alpha value is -3.74. The second-order valence-corrected chi connectivity index (χ2v) is 8.95. The fraction of sp³-hybridized carbons (Fsp3) is 0.357. The van der Waals surface area contributed by atoms with Crippen LogP contribution in [0.3, 0.4) is 0 Å². The van der Waals surface area contributed by atoms with Crippen LogP contribution in [0.15, 0.2) is 75.9 Å². The van der Waals surface area contributed by atoms with Crippen LogP contribution < -0.4 is 26.3 Å². The number of rotatable bonds is 12. The molecule has 1 amide bonds. The zero-order valence-electron chi connectivity index (χ0n) is 20.8. The summed E-state index contributed by atoms with van der Waals surface area (Å²) in [6, 6.07) is 19.7. The number of benzene rings is 2. The topological polar surface area (TPSA) is 92.6 Å². The average molecular weight is 478 g/mol. The maximum atomic E-state index is 13.3. The van der Waals surface area contributed by atoms with Crippen molar-refractivity contribution in [1.82, 2.24) is 5.32 Å². The third-order valence-corrected chi connectivity index (χ3v) is 5.68. The Morgan fingerprint density at radius 2 is 1.71 bits per heavy atom. The van der Waals surface area contributed by atoms with Gasteiger partial charge in [-0.15, -0.1) is 0 Å². The SMILES string of the molecule is CC[C@@H](CNc1ccc(OC)cc1)NC(=O)[C@H](CC(C)C)Nc1cc(-c2ccccc2)oc(=O)c1. The van der Waals surface area contributed by atoms with Crippen LogP contribution in [0.1, 0.15) is 33.6 Å². The van der Waals surface area contributed by atoms with E-state index in [4.69, 9.17) is 9.15 Å². The molecule has 186 valence electrons. The molecule has 35 heavy (non-hydrogen) atoms. The van der Waals surface area contributed by atoms with Crippen molar-refractivity contribution in [2.45, 2.75) is 45.7 Å². The minimum Gasteiger partial charge on any atom is -0.497 e. The molecule has 7 nitrogen and oxygen atoms in total. The molecule has 0 saturated carbocycles. The molecule has 0 fully saturated rings. The highest BCUT2D eigenvalue weighted by Crippen LogP contribution is 2.22. The van der Waals surface area contributed by atoms with Gasteiger partial charge >= 0.3 is 5.63 Å². The fourth-order valence-electron chi connectivity index (χ4n) is 3.76. The van der Waals surface area contributed by atoms with Crippen molar-refractivity contribution in [3.05, 3.63) is 77.2 Å². The number of hydrogen-bond acceptors (Lipinski definition) is 6. The molecule has 0 unspecified atom stereocenters. The lowest BCUT2D eigenvalue weighted by molar-refractivity contribution is -0.122. The van der Waals surface area contributed by atoms with Gasteiger partial charge in [-0.05, 0) is 43.0 Å². The molecule has 7 heteroatoms. The van der Waals surface area contributed by atoms with Gasteiger partial charge in [-0.3, -0.25) is 4.79 Å². The summed E-state index contributed by atoms with van der Waals surface area (Å²) in [5, 5.41) is 9.80. The number of methoxy groups -OCH3 is 1. The largest absolute Gasteiger partial charge is 0.497 e. The van der Waals surface area contributed by atoms with Crippen LogP contribution in [0, 0.1) is 5.92 Å². The molecule has 1 aromatic heterocycles. The van der Waals surface area contributed by atoms with E-state index in [1.165, 1.54) is 6.07 Å². The van der Waals surface area contributed by atoms with Gasteiger partial charge in [-0.1, -0.05) is 51.1 Å². The number of carbonyl (C=O) groups excluding carboxylic acids is 1. The second-order valence-electron chi connectivity index (χ2n) is 8.95. The first-order valence-corrected chi connectivity index (χ1v) is 12.0. The first-order chi connectivity index (χ1) is 16.9. The number of nitrogens with one attached hydrogen (secondary N) is 3. The van der Waals surface area contributed by atoms with Gasteiger partial charge in [0.2, 0.25) is 5.91 Å². The Kier molecular flexibility index (Phi) is 9.35. The summed E-state index contributed by atoms with van der Waals surface area (Å²) in [5.41, 5.74) is 1.85. The first-order valence-electron chi connectivity index (χ1n) is 12.0. The predicted molar refractivity (Wildman–Crippen MR) is 141 cm³/mol. The van der Waals surface area contributed by atoms with Crippen LogP contribution in [0.4, 0.5) is 11.4 Å². The highest BCUT2D eigenvalue weighted by molar-refractivity contribution is 5.85. The summed E-state index contributed by atoms with van der Waals surface area (Å²) in [6.07, 6.45) is 1.39. The number of hydrogen-bond donors (Lipinski definition) is 3. The summed E-state index contributed by atoms with van der Waals surface area (Å²) in [5.74, 6) is 1.43. The summed E-state index contributed by atoms with van der Waals surface area (Å²) >= 11 is 0. The molecule has 0 saturated heterocycles. The molecular formula is C28H35N3O4. The minimum atomic E-state index is -0.490. The molecule has 0 spiro atoms. The molecular weight excluding hydrogens is 442 g/mol. The van der Waals surface area contributed by atoms with E-state index >= 15 is 0 Å². The molecule has 3 aromatic rings. The Morgan fingerprint density at radius 3 is 2.34 bits per heavy atom. The Balaban J connectivity index is 1.69. The van der Waals surface area contributed by atoms with Gasteiger partial charge in [-0.2, -0.15) is 0 Å². The van der Waals surface area contributed by atoms with Crippen LogP contribution in [-0.2, 0) is 4.79 Å². The molecule has 0 aliphatic rings. The molecule has 0 bridgehead atoms. The second kappa shape index (κ2) is 12.6. The summed E-state index contributed by atoms with van der Waals surface area (Å²) in [6.45, 7) is 6.77. The van der Waals surface area contributed by atoms with Crippen LogP contribution >= 0.6 is 0 Å². The van der Waals surface area contributed by atoms with Crippen LogP contribution in [0.25, 0.3) is 11.3 Å². The van der Waals surface area contributed by atoms with Gasteiger partial charge in [0.25, 0.3) is 0 Å². The number of ether oxygens (including phenoxy) is 1. The predicted octanol–water partition coefficient (Wildman–Crippen LogP) is 5.15. The smallest absolute Gasteiger partial charge is 0.338 e. The van der Waals surface area contributed by atoms with Crippen molar-refractivity contribution in [2.75, 3.05) is 24.3 Å². The van der Waals surface area contributed by atoms with Crippen molar-refractivity contribution in [2.24, 2.45) is 5.92 Å². The van der Waals surface area contributed by atoms with E-state index in [9.17, 15) is 9.59 Å². The maximum Gasteiger partial charge on any atom is 0.338 e. The third-order valence-electron chi connectivity index (χ3n) is 5.68. The zero-order chi connectivity index (χ0) is 25.2. The molecule has 0 radical (unpaired) electrons. The monoisotopic (exact) mass is 477 g/mol. The Labute approximate surface area is 206 Å². The lowest BCUT2D eigenvalue weighted by Crippen LogP contribution is -2.47. The summed E-state index contributed by atoms with van der Waals surface area (Å²) in [4.78, 5) is 25.5. The van der Waals surface area contributed by atoms with Gasteiger partial charge in [0.15, 0.2) is 0 Å². The highest BCUT2D eigenvalue weighted by Gasteiger charge is 2.22. The minimum absolute atomic E-state index is 0.0539. The van der Waals surface area contributed by atoms with Crippen molar-refractivity contribution in [1.29, 1.82) is 0 Å².